The number of halogens is 2. The molecule has 2 nitrogen and oxygen atoms in total. The molecule has 0 aromatic rings. The first-order valence-electron chi connectivity index (χ1n) is 4.55. The van der Waals surface area contributed by atoms with Gasteiger partial charge in [-0.1, -0.05) is 0 Å². The molecule has 13 heavy (non-hydrogen) atoms. The van der Waals surface area contributed by atoms with Crippen molar-refractivity contribution in [2.45, 2.75) is 24.3 Å². The normalized spacial score (nSPS) is 23.5. The fraction of sp³-hybridized carbons (Fsp3) is 1.00. The number of alkyl halides is 1. The molecule has 0 aromatic heterocycles. The van der Waals surface area contributed by atoms with Gasteiger partial charge in [-0.2, -0.15) is 0 Å². The molecule has 1 rings (SSSR count). The van der Waals surface area contributed by atoms with Crippen LogP contribution in [0, 0.1) is 0 Å². The standard InChI is InChI=1S/C9H19ClNO.ClH/c1-11(2,3)6-4-5-8(10)9-7-12-9;/h8-9H,4-7H2,1-3H3;1H/q+1;/p-1. The van der Waals surface area contributed by atoms with E-state index < -0.39 is 0 Å². The van der Waals surface area contributed by atoms with Gasteiger partial charge in [-0.3, -0.25) is 0 Å². The second-order valence-electron chi connectivity index (χ2n) is 4.54. The monoisotopic (exact) mass is 227 g/mol. The van der Waals surface area contributed by atoms with Crippen molar-refractivity contribution >= 4 is 11.6 Å². The molecule has 0 bridgehead atoms. The molecular formula is C9H19Cl2NO. The van der Waals surface area contributed by atoms with E-state index in [1.54, 1.807) is 0 Å². The number of rotatable bonds is 5. The summed E-state index contributed by atoms with van der Waals surface area (Å²) in [5.74, 6) is 0. The van der Waals surface area contributed by atoms with Crippen molar-refractivity contribution < 1.29 is 21.6 Å². The van der Waals surface area contributed by atoms with E-state index in [2.05, 4.69) is 21.1 Å². The molecular weight excluding hydrogens is 209 g/mol. The van der Waals surface area contributed by atoms with E-state index in [9.17, 15) is 0 Å². The molecule has 0 radical (unpaired) electrons. The molecule has 0 N–H and O–H groups in total. The predicted molar refractivity (Wildman–Crippen MR) is 51.5 cm³/mol. The van der Waals surface area contributed by atoms with Gasteiger partial charge in [0.15, 0.2) is 0 Å². The van der Waals surface area contributed by atoms with E-state index in [1.807, 2.05) is 0 Å². The van der Waals surface area contributed by atoms with Crippen LogP contribution in [0.4, 0.5) is 0 Å². The average molecular weight is 228 g/mol. The van der Waals surface area contributed by atoms with Crippen LogP contribution in [-0.2, 0) is 4.74 Å². The summed E-state index contributed by atoms with van der Waals surface area (Å²) >= 11 is 6.08. The Morgan fingerprint density at radius 1 is 1.46 bits per heavy atom. The summed E-state index contributed by atoms with van der Waals surface area (Å²) < 4.78 is 6.14. The Labute approximate surface area is 92.2 Å². The third-order valence-corrected chi connectivity index (χ3v) is 2.57. The maximum atomic E-state index is 6.08. The van der Waals surface area contributed by atoms with Crippen molar-refractivity contribution in [3.8, 4) is 0 Å². The van der Waals surface area contributed by atoms with Crippen LogP contribution < -0.4 is 12.4 Å². The van der Waals surface area contributed by atoms with E-state index >= 15 is 0 Å². The van der Waals surface area contributed by atoms with Crippen molar-refractivity contribution in [1.82, 2.24) is 0 Å². The van der Waals surface area contributed by atoms with Crippen molar-refractivity contribution in [3.05, 3.63) is 0 Å². The van der Waals surface area contributed by atoms with Gasteiger partial charge in [-0.25, -0.2) is 0 Å². The molecule has 1 heterocycles. The van der Waals surface area contributed by atoms with E-state index in [0.717, 1.165) is 17.5 Å². The lowest BCUT2D eigenvalue weighted by Gasteiger charge is -2.24. The summed E-state index contributed by atoms with van der Waals surface area (Å²) in [5, 5.41) is 0.247. The number of quaternary nitrogens is 1. The van der Waals surface area contributed by atoms with Gasteiger partial charge in [0.25, 0.3) is 0 Å². The second kappa shape index (κ2) is 5.40. The zero-order valence-electron chi connectivity index (χ0n) is 8.59. The first-order valence-corrected chi connectivity index (χ1v) is 4.99. The molecule has 0 aliphatic carbocycles. The minimum absolute atomic E-state index is 0. The highest BCUT2D eigenvalue weighted by atomic mass is 35.5. The van der Waals surface area contributed by atoms with Crippen LogP contribution in [-0.4, -0.2) is 50.3 Å². The van der Waals surface area contributed by atoms with Gasteiger partial charge in [-0.15, -0.1) is 11.6 Å². The molecule has 0 saturated carbocycles. The number of hydrogen-bond donors (Lipinski definition) is 0. The Balaban J connectivity index is 0.00000144. The van der Waals surface area contributed by atoms with Crippen molar-refractivity contribution in [2.75, 3.05) is 34.3 Å². The van der Waals surface area contributed by atoms with Crippen LogP contribution >= 0.6 is 11.6 Å². The van der Waals surface area contributed by atoms with Gasteiger partial charge in [0.1, 0.15) is 0 Å². The minimum Gasteiger partial charge on any atom is -1.00 e. The fourth-order valence-electron chi connectivity index (χ4n) is 1.21. The van der Waals surface area contributed by atoms with Gasteiger partial charge in [-0.05, 0) is 12.8 Å². The van der Waals surface area contributed by atoms with Crippen LogP contribution in [0.3, 0.4) is 0 Å². The number of hydrogen-bond acceptors (Lipinski definition) is 1. The average Bonchev–Trinajstić information content (AvgIpc) is 2.64. The molecule has 0 spiro atoms. The maximum Gasteiger partial charge on any atom is 0.0973 e. The largest absolute Gasteiger partial charge is 1.00 e. The zero-order valence-corrected chi connectivity index (χ0v) is 10.1. The highest BCUT2D eigenvalue weighted by molar-refractivity contribution is 6.21. The molecule has 1 aliphatic rings. The predicted octanol–water partition coefficient (Wildman–Crippen LogP) is -1.52. The van der Waals surface area contributed by atoms with Crippen LogP contribution in [0.15, 0.2) is 0 Å². The van der Waals surface area contributed by atoms with Crippen LogP contribution in [0.5, 0.6) is 0 Å². The Morgan fingerprint density at radius 2 is 2.00 bits per heavy atom. The third-order valence-electron chi connectivity index (χ3n) is 2.07. The van der Waals surface area contributed by atoms with Gasteiger partial charge >= 0.3 is 0 Å². The highest BCUT2D eigenvalue weighted by Gasteiger charge is 2.30. The lowest BCUT2D eigenvalue weighted by molar-refractivity contribution is -0.870. The summed E-state index contributed by atoms with van der Waals surface area (Å²) in [4.78, 5) is 0. The van der Waals surface area contributed by atoms with E-state index in [-0.39, 0.29) is 17.8 Å². The minimum atomic E-state index is 0. The Morgan fingerprint density at radius 3 is 2.38 bits per heavy atom. The van der Waals surface area contributed by atoms with Gasteiger partial charge in [0.2, 0.25) is 0 Å². The Kier molecular flexibility index (Phi) is 5.61. The molecule has 4 heteroatoms. The molecule has 2 atom stereocenters. The molecule has 0 amide bonds. The number of epoxide rings is 1. The zero-order chi connectivity index (χ0) is 9.19. The number of ether oxygens (including phenoxy) is 1. The first kappa shape index (κ1) is 13.5. The maximum absolute atomic E-state index is 6.08. The molecule has 1 fully saturated rings. The molecule has 2 unspecified atom stereocenters. The molecule has 1 saturated heterocycles. The second-order valence-corrected chi connectivity index (χ2v) is 5.10. The van der Waals surface area contributed by atoms with Gasteiger partial charge in [0.05, 0.1) is 45.8 Å². The summed E-state index contributed by atoms with van der Waals surface area (Å²) in [6.45, 7) is 2.06. The van der Waals surface area contributed by atoms with Crippen molar-refractivity contribution in [1.29, 1.82) is 0 Å². The van der Waals surface area contributed by atoms with E-state index in [0.29, 0.717) is 6.10 Å². The fourth-order valence-corrected chi connectivity index (χ4v) is 1.51. The van der Waals surface area contributed by atoms with Crippen molar-refractivity contribution in [3.63, 3.8) is 0 Å². The van der Waals surface area contributed by atoms with E-state index in [4.69, 9.17) is 16.3 Å². The van der Waals surface area contributed by atoms with Crippen LogP contribution in [0.1, 0.15) is 12.8 Å². The lowest BCUT2D eigenvalue weighted by atomic mass is 10.2. The van der Waals surface area contributed by atoms with Gasteiger partial charge < -0.3 is 21.6 Å². The smallest absolute Gasteiger partial charge is 0.0973 e. The van der Waals surface area contributed by atoms with E-state index in [1.165, 1.54) is 13.0 Å². The summed E-state index contributed by atoms with van der Waals surface area (Å²) in [7, 11) is 6.62. The molecule has 80 valence electrons. The van der Waals surface area contributed by atoms with Crippen LogP contribution in [0.25, 0.3) is 0 Å². The quantitative estimate of drug-likeness (QED) is 0.316. The molecule has 1 aliphatic heterocycles. The summed E-state index contributed by atoms with van der Waals surface area (Å²) in [5.41, 5.74) is 0. The summed E-state index contributed by atoms with van der Waals surface area (Å²) in [6, 6.07) is 0. The SMILES string of the molecule is C[N+](C)(C)CCCC(Cl)C1CO1.[Cl-]. The topological polar surface area (TPSA) is 12.5 Å². The number of nitrogens with zero attached hydrogens (tertiary/aromatic N) is 1. The third kappa shape index (κ3) is 6.55. The Bertz CT molecular complexity index is 143. The molecule has 0 aromatic carbocycles. The first-order chi connectivity index (χ1) is 5.49. The van der Waals surface area contributed by atoms with Crippen molar-refractivity contribution in [2.24, 2.45) is 0 Å². The van der Waals surface area contributed by atoms with Gasteiger partial charge in [0, 0.05) is 0 Å². The van der Waals surface area contributed by atoms with Crippen LogP contribution in [0.2, 0.25) is 0 Å². The lowest BCUT2D eigenvalue weighted by Crippen LogP contribution is -3.00. The highest BCUT2D eigenvalue weighted by Crippen LogP contribution is 2.22. The summed E-state index contributed by atoms with van der Waals surface area (Å²) in [6.07, 6.45) is 2.64. The Hall–Kier alpha value is 0.500.